The molecule has 0 aromatic heterocycles. The summed E-state index contributed by atoms with van der Waals surface area (Å²) in [7, 11) is -2.58. The first-order valence-corrected chi connectivity index (χ1v) is 11.1. The Balaban J connectivity index is 2.48. The number of aryl methyl sites for hydroxylation is 1. The zero-order chi connectivity index (χ0) is 21.8. The predicted octanol–water partition coefficient (Wildman–Crippen LogP) is 3.62. The smallest absolute Gasteiger partial charge is 0.339 e. The second kappa shape index (κ2) is 9.28. The van der Waals surface area contributed by atoms with Gasteiger partial charge in [-0.05, 0) is 43.2 Å². The number of halogens is 1. The average molecular weight is 439 g/mol. The molecule has 2 aromatic carbocycles. The summed E-state index contributed by atoms with van der Waals surface area (Å²) in [6, 6.07) is 10.1. The molecule has 2 rings (SSSR count). The number of carbonyl (C=O) groups is 2. The fraction of sp³-hybridized carbons (Fsp3) is 0.300. The number of hydrogen-bond donors (Lipinski definition) is 1. The first-order chi connectivity index (χ1) is 13.6. The minimum Gasteiger partial charge on any atom is -0.465 e. The minimum atomic E-state index is -3.81. The standard InChI is InChI=1S/C20H23ClN2O5S/c1-5-17(19(24)22-16-9-7-6-8-15(16)20(25)28-3)23(29(4,26)27)18-12-14(21)11-10-13(18)2/h6-12,17H,5H2,1-4H3,(H,22,24). The highest BCUT2D eigenvalue weighted by Gasteiger charge is 2.33. The number of methoxy groups -OCH3 is 1. The number of carbonyl (C=O) groups excluding carboxylic acids is 2. The lowest BCUT2D eigenvalue weighted by Gasteiger charge is -2.31. The molecule has 29 heavy (non-hydrogen) atoms. The highest BCUT2D eigenvalue weighted by Crippen LogP contribution is 2.30. The van der Waals surface area contributed by atoms with Gasteiger partial charge in [0.25, 0.3) is 0 Å². The van der Waals surface area contributed by atoms with Gasteiger partial charge in [0, 0.05) is 5.02 Å². The van der Waals surface area contributed by atoms with Crippen molar-refractivity contribution in [1.29, 1.82) is 0 Å². The first kappa shape index (κ1) is 22.7. The number of benzene rings is 2. The number of sulfonamides is 1. The number of hydrogen-bond acceptors (Lipinski definition) is 5. The second-order valence-electron chi connectivity index (χ2n) is 6.44. The Kier molecular flexibility index (Phi) is 7.26. The molecule has 9 heteroatoms. The van der Waals surface area contributed by atoms with Crippen LogP contribution in [0.15, 0.2) is 42.5 Å². The van der Waals surface area contributed by atoms with Gasteiger partial charge in [0.2, 0.25) is 15.9 Å². The number of anilines is 2. The molecule has 0 aliphatic rings. The first-order valence-electron chi connectivity index (χ1n) is 8.83. The zero-order valence-corrected chi connectivity index (χ0v) is 18.2. The van der Waals surface area contributed by atoms with E-state index in [1.54, 1.807) is 44.2 Å². The van der Waals surface area contributed by atoms with Crippen LogP contribution in [-0.2, 0) is 19.6 Å². The number of para-hydroxylation sites is 1. The van der Waals surface area contributed by atoms with Gasteiger partial charge in [0.05, 0.1) is 30.3 Å². The topological polar surface area (TPSA) is 92.8 Å². The summed E-state index contributed by atoms with van der Waals surface area (Å²) < 4.78 is 31.0. The van der Waals surface area contributed by atoms with E-state index in [-0.39, 0.29) is 17.7 Å². The van der Waals surface area contributed by atoms with Crippen molar-refractivity contribution in [3.05, 3.63) is 58.6 Å². The Morgan fingerprint density at radius 3 is 2.45 bits per heavy atom. The number of rotatable bonds is 7. The molecule has 0 fully saturated rings. The van der Waals surface area contributed by atoms with E-state index in [9.17, 15) is 18.0 Å². The maximum absolute atomic E-state index is 13.1. The van der Waals surface area contributed by atoms with Crippen molar-refractivity contribution in [3.63, 3.8) is 0 Å². The molecule has 0 saturated carbocycles. The molecule has 1 unspecified atom stereocenters. The van der Waals surface area contributed by atoms with E-state index in [0.29, 0.717) is 16.3 Å². The maximum atomic E-state index is 13.1. The van der Waals surface area contributed by atoms with Gasteiger partial charge in [-0.3, -0.25) is 9.10 Å². The molecular formula is C20H23ClN2O5S. The molecule has 0 heterocycles. The van der Waals surface area contributed by atoms with Crippen molar-refractivity contribution in [3.8, 4) is 0 Å². The summed E-state index contributed by atoms with van der Waals surface area (Å²) in [6.07, 6.45) is 1.23. The summed E-state index contributed by atoms with van der Waals surface area (Å²) in [5, 5.41) is 3.01. The van der Waals surface area contributed by atoms with E-state index >= 15 is 0 Å². The Bertz CT molecular complexity index is 1020. The Labute approximate surface area is 175 Å². The molecule has 0 bridgehead atoms. The predicted molar refractivity (Wildman–Crippen MR) is 114 cm³/mol. The second-order valence-corrected chi connectivity index (χ2v) is 8.74. The number of nitrogens with one attached hydrogen (secondary N) is 1. The van der Waals surface area contributed by atoms with Gasteiger partial charge in [0.15, 0.2) is 0 Å². The van der Waals surface area contributed by atoms with Crippen LogP contribution in [-0.4, -0.2) is 39.7 Å². The molecule has 0 aliphatic carbocycles. The minimum absolute atomic E-state index is 0.169. The third kappa shape index (κ3) is 5.27. The fourth-order valence-electron chi connectivity index (χ4n) is 2.95. The highest BCUT2D eigenvalue weighted by atomic mass is 35.5. The summed E-state index contributed by atoms with van der Waals surface area (Å²) in [4.78, 5) is 25.0. The van der Waals surface area contributed by atoms with Gasteiger partial charge in [-0.1, -0.05) is 36.7 Å². The van der Waals surface area contributed by atoms with Crippen molar-refractivity contribution >= 4 is 44.9 Å². The quantitative estimate of drug-likeness (QED) is 0.666. The molecule has 1 amide bonds. The monoisotopic (exact) mass is 438 g/mol. The van der Waals surface area contributed by atoms with Gasteiger partial charge in [-0.2, -0.15) is 0 Å². The van der Waals surface area contributed by atoms with Crippen molar-refractivity contribution in [2.24, 2.45) is 0 Å². The molecule has 7 nitrogen and oxygen atoms in total. The lowest BCUT2D eigenvalue weighted by atomic mass is 10.1. The van der Waals surface area contributed by atoms with Crippen LogP contribution < -0.4 is 9.62 Å². The summed E-state index contributed by atoms with van der Waals surface area (Å²) >= 11 is 6.07. The lowest BCUT2D eigenvalue weighted by Crippen LogP contribution is -2.47. The molecule has 2 aromatic rings. The number of esters is 1. The number of amides is 1. The largest absolute Gasteiger partial charge is 0.465 e. The summed E-state index contributed by atoms with van der Waals surface area (Å²) in [5.74, 6) is -1.19. The van der Waals surface area contributed by atoms with Gasteiger partial charge in [0.1, 0.15) is 6.04 Å². The molecule has 1 N–H and O–H groups in total. The third-order valence-corrected chi connectivity index (χ3v) is 5.73. The van der Waals surface area contributed by atoms with E-state index in [2.05, 4.69) is 5.32 Å². The molecule has 0 radical (unpaired) electrons. The van der Waals surface area contributed by atoms with Gasteiger partial charge < -0.3 is 10.1 Å². The Morgan fingerprint density at radius 1 is 1.21 bits per heavy atom. The SMILES string of the molecule is CCC(C(=O)Nc1ccccc1C(=O)OC)N(c1cc(Cl)ccc1C)S(C)(=O)=O. The summed E-state index contributed by atoms with van der Waals surface area (Å²) in [5.41, 5.74) is 1.38. The molecule has 156 valence electrons. The lowest BCUT2D eigenvalue weighted by molar-refractivity contribution is -0.117. The Hall–Kier alpha value is -2.58. The van der Waals surface area contributed by atoms with Crippen molar-refractivity contribution in [2.75, 3.05) is 23.0 Å². The van der Waals surface area contributed by atoms with E-state index in [1.807, 2.05) is 0 Å². The van der Waals surface area contributed by atoms with Gasteiger partial charge in [-0.25, -0.2) is 13.2 Å². The van der Waals surface area contributed by atoms with Gasteiger partial charge >= 0.3 is 5.97 Å². The molecule has 1 atom stereocenters. The fourth-order valence-corrected chi connectivity index (χ4v) is 4.38. The molecule has 0 saturated heterocycles. The average Bonchev–Trinajstić information content (AvgIpc) is 2.66. The van der Waals surface area contributed by atoms with Crippen LogP contribution in [0.2, 0.25) is 5.02 Å². The van der Waals surface area contributed by atoms with E-state index < -0.39 is 27.9 Å². The molecular weight excluding hydrogens is 416 g/mol. The third-order valence-electron chi connectivity index (χ3n) is 4.33. The normalized spacial score (nSPS) is 12.2. The van der Waals surface area contributed by atoms with Crippen LogP contribution in [0.25, 0.3) is 0 Å². The molecule has 0 aliphatic heterocycles. The van der Waals surface area contributed by atoms with Crippen molar-refractivity contribution < 1.29 is 22.7 Å². The molecule has 0 spiro atoms. The van der Waals surface area contributed by atoms with Crippen LogP contribution in [0.3, 0.4) is 0 Å². The Morgan fingerprint density at radius 2 is 1.86 bits per heavy atom. The zero-order valence-electron chi connectivity index (χ0n) is 16.6. The van der Waals surface area contributed by atoms with E-state index in [4.69, 9.17) is 16.3 Å². The van der Waals surface area contributed by atoms with Crippen LogP contribution in [0, 0.1) is 6.92 Å². The van der Waals surface area contributed by atoms with E-state index in [0.717, 1.165) is 10.6 Å². The van der Waals surface area contributed by atoms with Crippen molar-refractivity contribution in [1.82, 2.24) is 0 Å². The van der Waals surface area contributed by atoms with Crippen LogP contribution in [0.1, 0.15) is 29.3 Å². The van der Waals surface area contributed by atoms with Crippen molar-refractivity contribution in [2.45, 2.75) is 26.3 Å². The highest BCUT2D eigenvalue weighted by molar-refractivity contribution is 7.92. The van der Waals surface area contributed by atoms with Crippen LogP contribution in [0.5, 0.6) is 0 Å². The van der Waals surface area contributed by atoms with Gasteiger partial charge in [-0.15, -0.1) is 0 Å². The number of nitrogens with zero attached hydrogens (tertiary/aromatic N) is 1. The maximum Gasteiger partial charge on any atom is 0.339 e. The van der Waals surface area contributed by atoms with Crippen LogP contribution in [0.4, 0.5) is 11.4 Å². The van der Waals surface area contributed by atoms with Crippen LogP contribution >= 0.6 is 11.6 Å². The summed E-state index contributed by atoms with van der Waals surface area (Å²) in [6.45, 7) is 3.44. The number of ether oxygens (including phenoxy) is 1. The van der Waals surface area contributed by atoms with E-state index in [1.165, 1.54) is 19.2 Å².